The van der Waals surface area contributed by atoms with Crippen molar-refractivity contribution in [1.82, 2.24) is 9.88 Å². The molecule has 1 aromatic heterocycles. The molecule has 0 aliphatic heterocycles. The van der Waals surface area contributed by atoms with E-state index in [0.29, 0.717) is 11.6 Å². The number of amides is 1. The van der Waals surface area contributed by atoms with E-state index < -0.39 is 0 Å². The quantitative estimate of drug-likeness (QED) is 0.891. The summed E-state index contributed by atoms with van der Waals surface area (Å²) in [5.74, 6) is 0.744. The molecular weight excluding hydrogens is 246 g/mol. The SMILES string of the molecule is CCN(CC1CCC1)C(=O)c1csc(C(C)N)n1. The monoisotopic (exact) mass is 267 g/mol. The number of carbonyl (C=O) groups excluding carboxylic acids is 1. The minimum atomic E-state index is -0.0988. The second-order valence-corrected chi connectivity index (χ2v) is 5.89. The first-order valence-corrected chi connectivity index (χ1v) is 7.50. The van der Waals surface area contributed by atoms with Crippen molar-refractivity contribution in [2.24, 2.45) is 11.7 Å². The predicted octanol–water partition coefficient (Wildman–Crippen LogP) is 2.42. The Morgan fingerprint density at radius 2 is 2.39 bits per heavy atom. The topological polar surface area (TPSA) is 59.2 Å². The summed E-state index contributed by atoms with van der Waals surface area (Å²) in [4.78, 5) is 18.6. The van der Waals surface area contributed by atoms with Crippen LogP contribution in [0.15, 0.2) is 5.38 Å². The molecule has 1 heterocycles. The Labute approximate surface area is 112 Å². The highest BCUT2D eigenvalue weighted by molar-refractivity contribution is 7.09. The van der Waals surface area contributed by atoms with Crippen molar-refractivity contribution < 1.29 is 4.79 Å². The van der Waals surface area contributed by atoms with Crippen molar-refractivity contribution in [3.05, 3.63) is 16.1 Å². The molecule has 1 atom stereocenters. The molecular formula is C13H21N3OS. The lowest BCUT2D eigenvalue weighted by Crippen LogP contribution is -2.37. The maximum atomic E-state index is 12.3. The molecule has 0 saturated heterocycles. The molecule has 4 nitrogen and oxygen atoms in total. The van der Waals surface area contributed by atoms with Gasteiger partial charge in [-0.2, -0.15) is 0 Å². The molecule has 0 radical (unpaired) electrons. The van der Waals surface area contributed by atoms with Gasteiger partial charge in [-0.3, -0.25) is 4.79 Å². The fourth-order valence-electron chi connectivity index (χ4n) is 2.10. The van der Waals surface area contributed by atoms with Gasteiger partial charge in [0.2, 0.25) is 0 Å². The summed E-state index contributed by atoms with van der Waals surface area (Å²) >= 11 is 1.47. The van der Waals surface area contributed by atoms with Crippen LogP contribution in [0.5, 0.6) is 0 Å². The van der Waals surface area contributed by atoms with Gasteiger partial charge in [-0.1, -0.05) is 6.42 Å². The summed E-state index contributed by atoms with van der Waals surface area (Å²) in [6.45, 7) is 5.54. The first-order valence-electron chi connectivity index (χ1n) is 6.62. The molecule has 1 saturated carbocycles. The van der Waals surface area contributed by atoms with Crippen LogP contribution in [0.4, 0.5) is 0 Å². The van der Waals surface area contributed by atoms with Crippen LogP contribution in [-0.4, -0.2) is 28.9 Å². The summed E-state index contributed by atoms with van der Waals surface area (Å²) in [5.41, 5.74) is 6.32. The molecule has 2 N–H and O–H groups in total. The molecule has 0 aromatic carbocycles. The van der Waals surface area contributed by atoms with Gasteiger partial charge in [0.05, 0.1) is 6.04 Å². The first kappa shape index (κ1) is 13.5. The molecule has 1 aliphatic rings. The Kier molecular flexibility index (Phi) is 4.35. The van der Waals surface area contributed by atoms with Gasteiger partial charge in [0.15, 0.2) is 0 Å². The Balaban J connectivity index is 2.02. The molecule has 1 fully saturated rings. The van der Waals surface area contributed by atoms with Crippen LogP contribution in [0.25, 0.3) is 0 Å². The highest BCUT2D eigenvalue weighted by Crippen LogP contribution is 2.27. The van der Waals surface area contributed by atoms with Gasteiger partial charge in [0.1, 0.15) is 10.7 Å². The Morgan fingerprint density at radius 1 is 1.67 bits per heavy atom. The first-order chi connectivity index (χ1) is 8.61. The largest absolute Gasteiger partial charge is 0.337 e. The van der Waals surface area contributed by atoms with Gasteiger partial charge < -0.3 is 10.6 Å². The number of nitrogens with two attached hydrogens (primary N) is 1. The highest BCUT2D eigenvalue weighted by Gasteiger charge is 2.24. The van der Waals surface area contributed by atoms with Crippen LogP contribution in [0.3, 0.4) is 0 Å². The van der Waals surface area contributed by atoms with Crippen LogP contribution < -0.4 is 5.73 Å². The molecule has 100 valence electrons. The van der Waals surface area contributed by atoms with Gasteiger partial charge in [0, 0.05) is 18.5 Å². The summed E-state index contributed by atoms with van der Waals surface area (Å²) in [7, 11) is 0. The molecule has 1 amide bonds. The average molecular weight is 267 g/mol. The lowest BCUT2D eigenvalue weighted by Gasteiger charge is -2.31. The molecule has 2 rings (SSSR count). The van der Waals surface area contributed by atoms with E-state index >= 15 is 0 Å². The van der Waals surface area contributed by atoms with E-state index in [0.717, 1.165) is 18.1 Å². The second-order valence-electron chi connectivity index (χ2n) is 5.00. The smallest absolute Gasteiger partial charge is 0.273 e. The van der Waals surface area contributed by atoms with Gasteiger partial charge >= 0.3 is 0 Å². The van der Waals surface area contributed by atoms with Crippen molar-refractivity contribution in [3.8, 4) is 0 Å². The third-order valence-corrected chi connectivity index (χ3v) is 4.55. The van der Waals surface area contributed by atoms with E-state index in [1.165, 1.54) is 30.6 Å². The van der Waals surface area contributed by atoms with Crippen molar-refractivity contribution in [1.29, 1.82) is 0 Å². The number of hydrogen-bond donors (Lipinski definition) is 1. The zero-order chi connectivity index (χ0) is 13.1. The third kappa shape index (κ3) is 2.90. The van der Waals surface area contributed by atoms with E-state index in [-0.39, 0.29) is 11.9 Å². The molecule has 5 heteroatoms. The fraction of sp³-hybridized carbons (Fsp3) is 0.692. The molecule has 0 bridgehead atoms. The lowest BCUT2D eigenvalue weighted by molar-refractivity contribution is 0.0701. The number of rotatable bonds is 5. The number of nitrogens with zero attached hydrogens (tertiary/aromatic N) is 2. The van der Waals surface area contributed by atoms with Crippen LogP contribution in [0.2, 0.25) is 0 Å². The van der Waals surface area contributed by atoms with E-state index in [4.69, 9.17) is 5.73 Å². The Bertz CT molecular complexity index is 412. The number of carbonyl (C=O) groups is 1. The standard InChI is InChI=1S/C13H21N3OS/c1-3-16(7-10-5-4-6-10)13(17)11-8-18-12(15-11)9(2)14/h8-10H,3-7,14H2,1-2H3. The van der Waals surface area contributed by atoms with Crippen molar-refractivity contribution in [3.63, 3.8) is 0 Å². The van der Waals surface area contributed by atoms with Crippen LogP contribution in [-0.2, 0) is 0 Å². The Hall–Kier alpha value is -0.940. The van der Waals surface area contributed by atoms with E-state index in [1.807, 2.05) is 24.1 Å². The van der Waals surface area contributed by atoms with Crippen molar-refractivity contribution in [2.45, 2.75) is 39.2 Å². The summed E-state index contributed by atoms with van der Waals surface area (Å²) in [5, 5.41) is 2.66. The van der Waals surface area contributed by atoms with Crippen LogP contribution >= 0.6 is 11.3 Å². The molecule has 0 spiro atoms. The Morgan fingerprint density at radius 3 is 2.83 bits per heavy atom. The van der Waals surface area contributed by atoms with E-state index in [1.54, 1.807) is 0 Å². The van der Waals surface area contributed by atoms with Crippen LogP contribution in [0.1, 0.15) is 54.6 Å². The number of aromatic nitrogens is 1. The minimum absolute atomic E-state index is 0.0487. The molecule has 1 aromatic rings. The second kappa shape index (κ2) is 5.80. The van der Waals surface area contributed by atoms with Gasteiger partial charge in [0.25, 0.3) is 5.91 Å². The number of hydrogen-bond acceptors (Lipinski definition) is 4. The normalized spacial score (nSPS) is 17.3. The highest BCUT2D eigenvalue weighted by atomic mass is 32.1. The molecule has 18 heavy (non-hydrogen) atoms. The zero-order valence-electron chi connectivity index (χ0n) is 11.1. The van der Waals surface area contributed by atoms with Gasteiger partial charge in [-0.05, 0) is 32.6 Å². The maximum absolute atomic E-state index is 12.3. The molecule has 1 aliphatic carbocycles. The average Bonchev–Trinajstić information content (AvgIpc) is 2.76. The third-order valence-electron chi connectivity index (χ3n) is 3.50. The predicted molar refractivity (Wildman–Crippen MR) is 73.6 cm³/mol. The summed E-state index contributed by atoms with van der Waals surface area (Å²) < 4.78 is 0. The number of thiazole rings is 1. The molecule has 1 unspecified atom stereocenters. The zero-order valence-corrected chi connectivity index (χ0v) is 11.9. The van der Waals surface area contributed by atoms with E-state index in [2.05, 4.69) is 4.98 Å². The van der Waals surface area contributed by atoms with Gasteiger partial charge in [-0.25, -0.2) is 4.98 Å². The minimum Gasteiger partial charge on any atom is -0.337 e. The van der Waals surface area contributed by atoms with Crippen molar-refractivity contribution >= 4 is 17.2 Å². The maximum Gasteiger partial charge on any atom is 0.273 e. The fourth-order valence-corrected chi connectivity index (χ4v) is 2.85. The van der Waals surface area contributed by atoms with Crippen LogP contribution in [0, 0.1) is 5.92 Å². The van der Waals surface area contributed by atoms with Crippen molar-refractivity contribution in [2.75, 3.05) is 13.1 Å². The van der Waals surface area contributed by atoms with E-state index in [9.17, 15) is 4.79 Å². The van der Waals surface area contributed by atoms with Gasteiger partial charge in [-0.15, -0.1) is 11.3 Å². The summed E-state index contributed by atoms with van der Waals surface area (Å²) in [6, 6.07) is -0.0988. The lowest BCUT2D eigenvalue weighted by atomic mass is 9.85. The summed E-state index contributed by atoms with van der Waals surface area (Å²) in [6.07, 6.45) is 3.82.